The molecule has 86 valence electrons. The summed E-state index contributed by atoms with van der Waals surface area (Å²) in [5, 5.41) is 39.1. The van der Waals surface area contributed by atoms with E-state index >= 15 is 0 Å². The van der Waals surface area contributed by atoms with Crippen molar-refractivity contribution in [2.45, 2.75) is 18.6 Å². The monoisotopic (exact) mass is 265 g/mol. The number of aliphatic carboxylic acids is 2. The molecule has 0 rings (SSSR count). The summed E-state index contributed by atoms with van der Waals surface area (Å²) in [6.07, 6.45) is -2.79. The van der Waals surface area contributed by atoms with Crippen molar-refractivity contribution in [1.82, 2.24) is 5.32 Å². The van der Waals surface area contributed by atoms with Gasteiger partial charge in [-0.05, 0) is 0 Å². The summed E-state index contributed by atoms with van der Waals surface area (Å²) in [7, 11) is 0. The molecule has 0 aliphatic carbocycles. The maximum absolute atomic E-state index is 10.8. The predicted molar refractivity (Wildman–Crippen MR) is 39.7 cm³/mol. The van der Waals surface area contributed by atoms with Gasteiger partial charge in [-0.25, -0.2) is 0 Å². The van der Waals surface area contributed by atoms with Crippen LogP contribution in [0, 0.1) is 0 Å². The van der Waals surface area contributed by atoms with E-state index < -0.39 is 43.0 Å². The summed E-state index contributed by atoms with van der Waals surface area (Å²) in [5.74, 6) is -4.71. The average Bonchev–Trinajstić information content (AvgIpc) is 2.14. The fourth-order valence-electron chi connectivity index (χ4n) is 0.711. The predicted octanol–water partition coefficient (Wildman–Crippen LogP) is -11.3. The molecule has 10 heteroatoms. The van der Waals surface area contributed by atoms with Crippen LogP contribution in [0.2, 0.25) is 0 Å². The van der Waals surface area contributed by atoms with Crippen molar-refractivity contribution < 1.29 is 93.9 Å². The summed E-state index contributed by atoms with van der Waals surface area (Å²) in [5.41, 5.74) is 0. The number of carboxylic acids is 2. The van der Waals surface area contributed by atoms with Crippen molar-refractivity contribution in [3.63, 3.8) is 0 Å². The van der Waals surface area contributed by atoms with Crippen LogP contribution in [0.3, 0.4) is 0 Å². The third kappa shape index (κ3) is 9.98. The van der Waals surface area contributed by atoms with Gasteiger partial charge >= 0.3 is 59.1 Å². The second kappa shape index (κ2) is 11.4. The Bertz CT molecular complexity index is 273. The van der Waals surface area contributed by atoms with Crippen molar-refractivity contribution in [2.24, 2.45) is 0 Å². The van der Waals surface area contributed by atoms with Crippen LogP contribution in [-0.2, 0) is 14.4 Å². The number of carbonyl (C=O) groups is 3. The van der Waals surface area contributed by atoms with E-state index in [2.05, 4.69) is 0 Å². The zero-order chi connectivity index (χ0) is 12.0. The maximum atomic E-state index is 10.8. The van der Waals surface area contributed by atoms with Gasteiger partial charge in [0, 0.05) is 12.4 Å². The van der Waals surface area contributed by atoms with Gasteiger partial charge in [-0.2, -0.15) is 0 Å². The van der Waals surface area contributed by atoms with Crippen LogP contribution in [0.15, 0.2) is 0 Å². The number of amides is 1. The van der Waals surface area contributed by atoms with Gasteiger partial charge in [-0.15, -0.1) is 0 Å². The number of hydrogen-bond donors (Lipinski definition) is 3. The first-order valence-electron chi connectivity index (χ1n) is 3.88. The maximum Gasteiger partial charge on any atom is 1.00 e. The van der Waals surface area contributed by atoms with E-state index in [9.17, 15) is 24.6 Å². The Kier molecular flexibility index (Phi) is 15.1. The molecular weight excluding hydrogens is 256 g/mol. The number of carbonyl (C=O) groups excluding carboxylic acids is 3. The molecule has 0 aromatic rings. The van der Waals surface area contributed by atoms with Crippen LogP contribution in [0.1, 0.15) is 6.42 Å². The third-order valence-corrected chi connectivity index (χ3v) is 1.45. The number of rotatable bonds is 6. The molecule has 0 bridgehead atoms. The van der Waals surface area contributed by atoms with Crippen LogP contribution < -0.4 is 74.6 Å². The SMILES string of the molecule is O=C([O-])CC(NC(=O)C(O)CO)C(=O)[O-].[Na+].[Na+]. The molecule has 0 aromatic heterocycles. The summed E-state index contributed by atoms with van der Waals surface area (Å²) in [6.45, 7) is -0.906. The van der Waals surface area contributed by atoms with Crippen LogP contribution in [0.25, 0.3) is 0 Å². The molecule has 3 N–H and O–H groups in total. The Hall–Kier alpha value is 0.330. The van der Waals surface area contributed by atoms with E-state index in [0.717, 1.165) is 0 Å². The number of aliphatic hydroxyl groups excluding tert-OH is 2. The molecule has 0 fully saturated rings. The fraction of sp³-hybridized carbons (Fsp3) is 0.571. The first-order valence-corrected chi connectivity index (χ1v) is 3.88. The van der Waals surface area contributed by atoms with Crippen LogP contribution in [0.5, 0.6) is 0 Å². The molecule has 0 saturated heterocycles. The molecule has 0 saturated carbocycles. The molecule has 0 aliphatic rings. The Morgan fingerprint density at radius 1 is 1.18 bits per heavy atom. The van der Waals surface area contributed by atoms with E-state index in [1.807, 2.05) is 0 Å². The largest absolute Gasteiger partial charge is 1.00 e. The van der Waals surface area contributed by atoms with Crippen molar-refractivity contribution in [2.75, 3.05) is 6.61 Å². The molecule has 1 amide bonds. The number of hydrogen-bond acceptors (Lipinski definition) is 7. The van der Waals surface area contributed by atoms with E-state index in [4.69, 9.17) is 10.2 Å². The second-order valence-corrected chi connectivity index (χ2v) is 2.65. The van der Waals surface area contributed by atoms with Gasteiger partial charge in [-0.3, -0.25) is 4.79 Å². The van der Waals surface area contributed by atoms with Gasteiger partial charge in [0.15, 0.2) is 6.10 Å². The summed E-state index contributed by atoms with van der Waals surface area (Å²) < 4.78 is 0. The van der Waals surface area contributed by atoms with Crippen molar-refractivity contribution >= 4 is 17.8 Å². The van der Waals surface area contributed by atoms with E-state index in [-0.39, 0.29) is 59.1 Å². The smallest absolute Gasteiger partial charge is 0.550 e. The van der Waals surface area contributed by atoms with Gasteiger partial charge in [0.1, 0.15) is 0 Å². The molecule has 2 unspecified atom stereocenters. The first-order chi connectivity index (χ1) is 6.88. The first kappa shape index (κ1) is 22.5. The number of nitrogens with one attached hydrogen (secondary N) is 1. The number of aliphatic hydroxyl groups is 2. The molecule has 0 aromatic carbocycles. The molecule has 8 nitrogen and oxygen atoms in total. The molecule has 0 aliphatic heterocycles. The van der Waals surface area contributed by atoms with E-state index in [0.29, 0.717) is 0 Å². The minimum atomic E-state index is -1.82. The minimum Gasteiger partial charge on any atom is -0.550 e. The summed E-state index contributed by atoms with van der Waals surface area (Å²) in [6, 6.07) is -1.80. The van der Waals surface area contributed by atoms with Crippen molar-refractivity contribution in [1.29, 1.82) is 0 Å². The van der Waals surface area contributed by atoms with Gasteiger partial charge in [0.05, 0.1) is 18.6 Å². The molecular formula is C7H9NNa2O7. The van der Waals surface area contributed by atoms with Crippen molar-refractivity contribution in [3.8, 4) is 0 Å². The fourth-order valence-corrected chi connectivity index (χ4v) is 0.711. The standard InChI is InChI=1S/C7H11NO7.2Na/c9-2-4(10)6(13)8-3(7(14)15)1-5(11)12;;/h3-4,9-10H,1-2H2,(H,8,13)(H,11,12)(H,14,15);;/q;2*+1/p-2. The second-order valence-electron chi connectivity index (χ2n) is 2.65. The Balaban J connectivity index is -0.000000980. The van der Waals surface area contributed by atoms with Gasteiger partial charge < -0.3 is 35.3 Å². The Morgan fingerprint density at radius 3 is 1.94 bits per heavy atom. The number of carboxylic acid groups (broad SMARTS) is 2. The van der Waals surface area contributed by atoms with E-state index in [1.54, 1.807) is 5.32 Å². The van der Waals surface area contributed by atoms with Gasteiger partial charge in [0.2, 0.25) is 0 Å². The summed E-state index contributed by atoms with van der Waals surface area (Å²) in [4.78, 5) is 31.2. The molecule has 2 atom stereocenters. The Labute approximate surface area is 141 Å². The Morgan fingerprint density at radius 2 is 1.65 bits per heavy atom. The zero-order valence-corrected chi connectivity index (χ0v) is 13.5. The third-order valence-electron chi connectivity index (χ3n) is 1.45. The van der Waals surface area contributed by atoms with Crippen LogP contribution >= 0.6 is 0 Å². The topological polar surface area (TPSA) is 150 Å². The zero-order valence-electron chi connectivity index (χ0n) is 9.50. The quantitative estimate of drug-likeness (QED) is 0.403. The molecule has 0 spiro atoms. The average molecular weight is 265 g/mol. The summed E-state index contributed by atoms with van der Waals surface area (Å²) >= 11 is 0. The van der Waals surface area contributed by atoms with Gasteiger partial charge in [0.25, 0.3) is 5.91 Å². The van der Waals surface area contributed by atoms with Crippen LogP contribution in [0.4, 0.5) is 0 Å². The molecule has 0 heterocycles. The molecule has 0 radical (unpaired) electrons. The van der Waals surface area contributed by atoms with Crippen LogP contribution in [-0.4, -0.2) is 46.8 Å². The minimum absolute atomic E-state index is 0. The molecule has 17 heavy (non-hydrogen) atoms. The van der Waals surface area contributed by atoms with Gasteiger partial charge in [-0.1, -0.05) is 0 Å². The van der Waals surface area contributed by atoms with Crippen molar-refractivity contribution in [3.05, 3.63) is 0 Å². The normalized spacial score (nSPS) is 12.4. The van der Waals surface area contributed by atoms with E-state index in [1.165, 1.54) is 0 Å².